The van der Waals surface area contributed by atoms with Crippen LogP contribution >= 0.6 is 0 Å². The van der Waals surface area contributed by atoms with Gasteiger partial charge in [0.15, 0.2) is 0 Å². The Balaban J connectivity index is 2.81. The Hall–Kier alpha value is -1.10. The zero-order valence-electron chi connectivity index (χ0n) is 12.8. The third kappa shape index (κ3) is 5.12. The molecule has 0 spiro atoms. The first kappa shape index (κ1) is 17.0. The maximum absolute atomic E-state index is 6.38. The number of hydrogen-bond acceptors (Lipinski definition) is 4. The van der Waals surface area contributed by atoms with Crippen LogP contribution in [0.1, 0.15) is 38.3 Å². The highest BCUT2D eigenvalue weighted by atomic mass is 16.5. The van der Waals surface area contributed by atoms with Crippen LogP contribution in [0.3, 0.4) is 0 Å². The quantitative estimate of drug-likeness (QED) is 0.670. The van der Waals surface area contributed by atoms with Crippen molar-refractivity contribution in [3.63, 3.8) is 0 Å². The highest BCUT2D eigenvalue weighted by Crippen LogP contribution is 2.28. The van der Waals surface area contributed by atoms with Gasteiger partial charge in [-0.25, -0.2) is 0 Å². The van der Waals surface area contributed by atoms with Gasteiger partial charge in [-0.15, -0.1) is 0 Å². The predicted octanol–water partition coefficient (Wildman–Crippen LogP) is 2.92. The summed E-state index contributed by atoms with van der Waals surface area (Å²) in [5.74, 6) is 0.817. The molecule has 0 saturated carbocycles. The van der Waals surface area contributed by atoms with Crippen LogP contribution in [0.4, 0.5) is 0 Å². The maximum Gasteiger partial charge on any atom is 0.124 e. The maximum atomic E-state index is 6.38. The summed E-state index contributed by atoms with van der Waals surface area (Å²) in [4.78, 5) is 0. The summed E-state index contributed by atoms with van der Waals surface area (Å²) in [5, 5.41) is 0. The Morgan fingerprint density at radius 3 is 2.55 bits per heavy atom. The topological polar surface area (TPSA) is 53.7 Å². The zero-order chi connectivity index (χ0) is 14.8. The van der Waals surface area contributed by atoms with E-state index in [1.54, 1.807) is 7.11 Å². The lowest BCUT2D eigenvalue weighted by atomic mass is 9.98. The number of nitrogens with two attached hydrogens (primary N) is 1. The van der Waals surface area contributed by atoms with E-state index in [-0.39, 0.29) is 12.1 Å². The molecular weight excluding hydrogens is 254 g/mol. The molecule has 1 rings (SSSR count). The van der Waals surface area contributed by atoms with Gasteiger partial charge in [0.1, 0.15) is 12.4 Å². The van der Waals surface area contributed by atoms with Crippen LogP contribution < -0.4 is 10.5 Å². The largest absolute Gasteiger partial charge is 0.491 e. The number of benzene rings is 1. The van der Waals surface area contributed by atoms with Crippen LogP contribution in [0.2, 0.25) is 0 Å². The van der Waals surface area contributed by atoms with Crippen molar-refractivity contribution in [3.05, 3.63) is 29.8 Å². The van der Waals surface area contributed by atoms with Gasteiger partial charge in [0.05, 0.1) is 18.8 Å². The molecule has 2 atom stereocenters. The summed E-state index contributed by atoms with van der Waals surface area (Å²) < 4.78 is 16.5. The van der Waals surface area contributed by atoms with Crippen molar-refractivity contribution in [2.75, 3.05) is 26.9 Å². The number of rotatable bonds is 10. The van der Waals surface area contributed by atoms with Crippen LogP contribution in [0, 0.1) is 0 Å². The number of para-hydroxylation sites is 1. The predicted molar refractivity (Wildman–Crippen MR) is 81.1 cm³/mol. The average molecular weight is 281 g/mol. The number of hydrogen-bond donors (Lipinski definition) is 1. The summed E-state index contributed by atoms with van der Waals surface area (Å²) in [6.07, 6.45) is 2.02. The van der Waals surface area contributed by atoms with E-state index in [0.29, 0.717) is 19.8 Å². The van der Waals surface area contributed by atoms with Crippen molar-refractivity contribution in [1.82, 2.24) is 0 Å². The molecule has 1 aromatic carbocycles. The molecule has 114 valence electrons. The number of methoxy groups -OCH3 is 1. The second-order valence-electron chi connectivity index (χ2n) is 4.69. The Bertz CT molecular complexity index is 364. The molecule has 4 heteroatoms. The minimum atomic E-state index is -0.173. The summed E-state index contributed by atoms with van der Waals surface area (Å²) in [6, 6.07) is 7.71. The summed E-state index contributed by atoms with van der Waals surface area (Å²) in [5.41, 5.74) is 7.38. The Morgan fingerprint density at radius 2 is 1.90 bits per heavy atom. The van der Waals surface area contributed by atoms with E-state index in [1.807, 2.05) is 31.2 Å². The minimum Gasteiger partial charge on any atom is -0.491 e. The highest BCUT2D eigenvalue weighted by Gasteiger charge is 2.22. The van der Waals surface area contributed by atoms with Gasteiger partial charge in [0, 0.05) is 19.3 Å². The van der Waals surface area contributed by atoms with Crippen molar-refractivity contribution < 1.29 is 14.2 Å². The molecule has 0 aromatic heterocycles. The monoisotopic (exact) mass is 281 g/mol. The minimum absolute atomic E-state index is 0.0252. The SMILES string of the molecule is CCCC(OCC)C(N)c1ccccc1OCCOC. The summed E-state index contributed by atoms with van der Waals surface area (Å²) in [6.45, 7) is 5.89. The highest BCUT2D eigenvalue weighted by molar-refractivity contribution is 5.36. The first-order chi connectivity index (χ1) is 9.74. The fraction of sp³-hybridized carbons (Fsp3) is 0.625. The molecule has 0 radical (unpaired) electrons. The summed E-state index contributed by atoms with van der Waals surface area (Å²) in [7, 11) is 1.66. The van der Waals surface area contributed by atoms with Gasteiger partial charge < -0.3 is 19.9 Å². The first-order valence-corrected chi connectivity index (χ1v) is 7.32. The van der Waals surface area contributed by atoms with E-state index in [1.165, 1.54) is 0 Å². The zero-order valence-corrected chi connectivity index (χ0v) is 12.8. The lowest BCUT2D eigenvalue weighted by Gasteiger charge is -2.25. The van der Waals surface area contributed by atoms with E-state index in [2.05, 4.69) is 6.92 Å². The molecule has 4 nitrogen and oxygen atoms in total. The molecule has 0 aliphatic heterocycles. The third-order valence-electron chi connectivity index (χ3n) is 3.18. The van der Waals surface area contributed by atoms with Gasteiger partial charge in [-0.1, -0.05) is 31.5 Å². The van der Waals surface area contributed by atoms with Crippen LogP contribution in [0.15, 0.2) is 24.3 Å². The van der Waals surface area contributed by atoms with Crippen LogP contribution in [0.5, 0.6) is 5.75 Å². The van der Waals surface area contributed by atoms with E-state index < -0.39 is 0 Å². The van der Waals surface area contributed by atoms with Gasteiger partial charge >= 0.3 is 0 Å². The van der Waals surface area contributed by atoms with Gasteiger partial charge in [0.2, 0.25) is 0 Å². The standard InChI is InChI=1S/C16H27NO3/c1-4-8-15(19-5-2)16(17)13-9-6-7-10-14(13)20-12-11-18-3/h6-7,9-10,15-16H,4-5,8,11-12,17H2,1-3H3. The Kier molecular flexibility index (Phi) is 8.26. The van der Waals surface area contributed by atoms with E-state index >= 15 is 0 Å². The van der Waals surface area contributed by atoms with Gasteiger partial charge in [-0.3, -0.25) is 0 Å². The molecule has 1 aromatic rings. The van der Waals surface area contributed by atoms with Crippen molar-refractivity contribution >= 4 is 0 Å². The van der Waals surface area contributed by atoms with Gasteiger partial charge in [-0.2, -0.15) is 0 Å². The average Bonchev–Trinajstić information content (AvgIpc) is 2.47. The molecule has 2 N–H and O–H groups in total. The lowest BCUT2D eigenvalue weighted by molar-refractivity contribution is 0.0365. The molecule has 0 heterocycles. The van der Waals surface area contributed by atoms with Crippen molar-refractivity contribution in [1.29, 1.82) is 0 Å². The van der Waals surface area contributed by atoms with Crippen molar-refractivity contribution in [3.8, 4) is 5.75 Å². The van der Waals surface area contributed by atoms with E-state index in [4.69, 9.17) is 19.9 Å². The van der Waals surface area contributed by atoms with Crippen LogP contribution in [-0.4, -0.2) is 33.0 Å². The normalized spacial score (nSPS) is 14.0. The molecular formula is C16H27NO3. The van der Waals surface area contributed by atoms with Gasteiger partial charge in [-0.05, 0) is 19.4 Å². The number of ether oxygens (including phenoxy) is 3. The smallest absolute Gasteiger partial charge is 0.124 e. The van der Waals surface area contributed by atoms with Gasteiger partial charge in [0.25, 0.3) is 0 Å². The molecule has 0 bridgehead atoms. The van der Waals surface area contributed by atoms with Crippen molar-refractivity contribution in [2.45, 2.75) is 38.8 Å². The molecule has 0 saturated heterocycles. The molecule has 0 amide bonds. The molecule has 0 aliphatic carbocycles. The van der Waals surface area contributed by atoms with E-state index in [9.17, 15) is 0 Å². The molecule has 20 heavy (non-hydrogen) atoms. The first-order valence-electron chi connectivity index (χ1n) is 7.32. The summed E-state index contributed by atoms with van der Waals surface area (Å²) >= 11 is 0. The molecule has 0 fully saturated rings. The fourth-order valence-corrected chi connectivity index (χ4v) is 2.19. The van der Waals surface area contributed by atoms with E-state index in [0.717, 1.165) is 24.2 Å². The Labute approximate surface area is 122 Å². The van der Waals surface area contributed by atoms with Crippen LogP contribution in [0.25, 0.3) is 0 Å². The van der Waals surface area contributed by atoms with Crippen LogP contribution in [-0.2, 0) is 9.47 Å². The molecule has 0 aliphatic rings. The third-order valence-corrected chi connectivity index (χ3v) is 3.18. The Morgan fingerprint density at radius 1 is 1.15 bits per heavy atom. The molecule has 2 unspecified atom stereocenters. The van der Waals surface area contributed by atoms with Crippen molar-refractivity contribution in [2.24, 2.45) is 5.73 Å². The second-order valence-corrected chi connectivity index (χ2v) is 4.69. The second kappa shape index (κ2) is 9.75. The fourth-order valence-electron chi connectivity index (χ4n) is 2.19. The lowest BCUT2D eigenvalue weighted by Crippen LogP contribution is -2.29.